The number of para-hydroxylation sites is 1. The first-order valence-corrected chi connectivity index (χ1v) is 47.6. The van der Waals surface area contributed by atoms with Crippen LogP contribution in [0.4, 0.5) is 0 Å². The predicted octanol–water partition coefficient (Wildman–Crippen LogP) is 1.84. The van der Waals surface area contributed by atoms with Gasteiger partial charge in [0.2, 0.25) is 88.6 Å². The number of nitrogens with zero attached hydrogens (tertiary/aromatic N) is 2. The minimum atomic E-state index is -1.37. The molecule has 0 radical (unpaired) electrons. The molecule has 0 fully saturated rings. The van der Waals surface area contributed by atoms with Crippen molar-refractivity contribution < 1.29 is 80.9 Å². The Kier molecular flexibility index (Phi) is 52.2. The molecule has 0 unspecified atom stereocenters. The zero-order valence-corrected chi connectivity index (χ0v) is 82.3. The Morgan fingerprint density at radius 2 is 0.705 bits per heavy atom. The minimum Gasteiger partial charge on any atom is -0.368 e. The zero-order valence-electron chi connectivity index (χ0n) is 82.3. The van der Waals surface area contributed by atoms with Crippen LogP contribution in [-0.4, -0.2) is 269 Å². The number of unbranched alkanes of at least 4 members (excludes halogenated alkanes) is 5. The number of rotatable bonds is 65. The van der Waals surface area contributed by atoms with Crippen LogP contribution in [0, 0.1) is 35.5 Å². The fourth-order valence-corrected chi connectivity index (χ4v) is 15.1. The lowest BCUT2D eigenvalue weighted by molar-refractivity contribution is -0.870. The Hall–Kier alpha value is -10.2. The molecule has 25 N–H and O–H groups in total. The molecule has 744 valence electrons. The molecule has 132 heavy (non-hydrogen) atoms. The third-order valence-corrected chi connectivity index (χ3v) is 23.1. The zero-order chi connectivity index (χ0) is 99.3. The van der Waals surface area contributed by atoms with Crippen molar-refractivity contribution in [2.24, 2.45) is 64.2 Å². The van der Waals surface area contributed by atoms with E-state index in [9.17, 15) is 52.7 Å². The highest BCUT2D eigenvalue weighted by molar-refractivity contribution is 6.01. The van der Waals surface area contributed by atoms with Crippen LogP contribution in [0.25, 0.3) is 10.9 Å². The van der Waals surface area contributed by atoms with E-state index in [0.29, 0.717) is 111 Å². The maximum Gasteiger partial charge on any atom is 0.243 e. The Morgan fingerprint density at radius 1 is 0.356 bits per heavy atom. The summed E-state index contributed by atoms with van der Waals surface area (Å²) in [5.74, 6) is -12.9. The number of carbonyl (C=O) groups excluding carboxylic acids is 15. The first-order chi connectivity index (χ1) is 62.0. The van der Waals surface area contributed by atoms with Gasteiger partial charge in [-0.15, -0.1) is 0 Å². The number of quaternary nitrogens is 2. The van der Waals surface area contributed by atoms with E-state index in [1.807, 2.05) is 108 Å². The highest BCUT2D eigenvalue weighted by Crippen LogP contribution is 2.22. The molecule has 3 rings (SSSR count). The van der Waals surface area contributed by atoms with Gasteiger partial charge in [0.15, 0.2) is 0 Å². The van der Waals surface area contributed by atoms with Crippen LogP contribution in [0.2, 0.25) is 0 Å². The Balaban J connectivity index is 1.94. The molecule has 0 aliphatic carbocycles. The lowest BCUT2D eigenvalue weighted by Crippen LogP contribution is -2.61. The smallest absolute Gasteiger partial charge is 0.243 e. The second-order valence-corrected chi connectivity index (χ2v) is 39.4. The summed E-state index contributed by atoms with van der Waals surface area (Å²) in [4.78, 5) is 218. The van der Waals surface area contributed by atoms with Crippen molar-refractivity contribution in [1.29, 1.82) is 0 Å². The maximum atomic E-state index is 15.3. The fraction of sp³-hybridized carbons (Fsp3) is 0.695. The van der Waals surface area contributed by atoms with Gasteiger partial charge in [-0.1, -0.05) is 144 Å². The van der Waals surface area contributed by atoms with Crippen molar-refractivity contribution in [3.8, 4) is 0 Å². The lowest BCUT2D eigenvalue weighted by Gasteiger charge is -2.29. The van der Waals surface area contributed by atoms with Crippen LogP contribution in [0.5, 0.6) is 0 Å². The number of aromatic amines is 1. The number of carbonyl (C=O) groups is 15. The number of amides is 15. The average molecular weight is 1860 g/mol. The summed E-state index contributed by atoms with van der Waals surface area (Å²) in [6, 6.07) is -0.666. The van der Waals surface area contributed by atoms with Crippen LogP contribution in [-0.2, 0) is 84.8 Å². The summed E-state index contributed by atoms with van der Waals surface area (Å²) in [6.07, 6.45) is 8.29. The van der Waals surface area contributed by atoms with E-state index in [0.717, 1.165) is 23.0 Å². The van der Waals surface area contributed by atoms with Crippen molar-refractivity contribution in [3.63, 3.8) is 0 Å². The molecule has 15 atom stereocenters. The lowest BCUT2D eigenvalue weighted by atomic mass is 9.97. The van der Waals surface area contributed by atoms with Gasteiger partial charge in [0.1, 0.15) is 78.5 Å². The number of aromatic nitrogens is 1. The molecule has 0 bridgehead atoms. The normalized spacial score (nSPS) is 15.2. The van der Waals surface area contributed by atoms with Crippen molar-refractivity contribution >= 4 is 99.5 Å². The number of benzene rings is 2. The van der Waals surface area contributed by atoms with Gasteiger partial charge in [0, 0.05) is 29.9 Å². The number of primary amides is 1. The number of hydrogen-bond acceptors (Lipinski definition) is 19. The maximum absolute atomic E-state index is 15.3. The Bertz CT molecular complexity index is 4130. The molecular formula is C95H166N22O15+2. The SMILES string of the molecule is CC[C@H](C)[C@H](NC(=O)[C@H](CCCCN)NC(=O)[C@H](CCCC[N+](C)(C)C)NC(=O)[C@H](Cc1ccccc1)NC(=O)[C@H](CC(C)C)NC(=O)[C@H](CCCC[N+](C)(C)C)NC(=O)[C@H](Cc1c[nH]c2ccccc12)NC(=O)[C@@H](N)CCCCN)C(=O)NCC(=O)N[C@@H](C)C(=O)N[C@H](C(=O)N[C@@H](CC(C)C)C(=O)N[C@@H](CCCCN)C(=O)N[C@H](C(=O)N[C@@H](CC(C)C)C(N)=O)C(C)C)C(C)C. The third kappa shape index (κ3) is 44.1. The first kappa shape index (κ1) is 116. The Labute approximate surface area is 783 Å². The fourth-order valence-electron chi connectivity index (χ4n) is 15.1. The molecule has 0 saturated heterocycles. The summed E-state index contributed by atoms with van der Waals surface area (Å²) < 4.78 is 1.22. The minimum absolute atomic E-state index is 0.00587. The summed E-state index contributed by atoms with van der Waals surface area (Å²) >= 11 is 0. The second kappa shape index (κ2) is 59.4. The van der Waals surface area contributed by atoms with Gasteiger partial charge in [-0.3, -0.25) is 71.9 Å². The van der Waals surface area contributed by atoms with Crippen LogP contribution in [0.15, 0.2) is 60.8 Å². The molecule has 37 nitrogen and oxygen atoms in total. The number of fused-ring (bicyclic) bond motifs is 1. The highest BCUT2D eigenvalue weighted by Gasteiger charge is 2.40. The second-order valence-electron chi connectivity index (χ2n) is 39.4. The van der Waals surface area contributed by atoms with Gasteiger partial charge in [0.05, 0.1) is 68.0 Å². The molecule has 0 spiro atoms. The number of nitrogens with one attached hydrogen (secondary N) is 15. The van der Waals surface area contributed by atoms with Gasteiger partial charge < -0.3 is 117 Å². The van der Waals surface area contributed by atoms with Crippen LogP contribution in [0.3, 0.4) is 0 Å². The molecule has 3 aromatic rings. The monoisotopic (exact) mass is 1860 g/mol. The van der Waals surface area contributed by atoms with Crippen LogP contribution in [0.1, 0.15) is 223 Å². The van der Waals surface area contributed by atoms with E-state index in [1.165, 1.54) is 6.92 Å². The van der Waals surface area contributed by atoms with Crippen molar-refractivity contribution in [2.45, 2.75) is 309 Å². The van der Waals surface area contributed by atoms with E-state index in [-0.39, 0.29) is 82.1 Å². The largest absolute Gasteiger partial charge is 0.368 e. The number of H-pyrrole nitrogens is 1. The summed E-state index contributed by atoms with van der Waals surface area (Å²) in [5.41, 5.74) is 31.7. The molecule has 0 saturated carbocycles. The summed E-state index contributed by atoms with van der Waals surface area (Å²) in [7, 11) is 12.2. The van der Waals surface area contributed by atoms with E-state index < -0.39 is 197 Å². The van der Waals surface area contributed by atoms with Crippen LogP contribution >= 0.6 is 0 Å². The predicted molar refractivity (Wildman–Crippen MR) is 513 cm³/mol. The standard InChI is InChI=1S/C95H164N22O15/c1-20-62(12)81(93(130)102-56-78(118)103-63(13)83(120)113-79(60(8)9)95(132)112-75(52-59(6)7)89(126)107-71(41-27-32-46-97)87(124)114-80(61(10)11)94(131)108-73(82(100)119)50-57(2)3)115-88(125)72(42-28-33-47-98)104-85(122)69(43-29-34-48-116(14,15)16)105-91(128)76(53-64-36-22-21-23-37-64)111-90(127)74(51-58(4)5)110-86(123)70(44-30-35-49-117(17,18)19)106-92(129)77(109-84(121)67(99)39-26-31-45-96)54-65-55-101-68-40-25-24-38-66(65)68/h21-25,36-38,40,55,57-63,67,69-77,79-81,101H,20,26-35,39,41-54,56,96-99H2,1-19H3,(H14-2,100,102,103,104,105,106,107,108,109,110,111,112,113,114,115,118,119,120,121,122,123,124,125,126,127,128,129,130,131,132)/p+2/t62-,63-,67-,69-,70-,71-,72-,73-,74-,75-,76-,77-,79-,80-,81-/m0/s1. The third-order valence-electron chi connectivity index (χ3n) is 23.1. The van der Waals surface area contributed by atoms with Gasteiger partial charge >= 0.3 is 0 Å². The van der Waals surface area contributed by atoms with Gasteiger partial charge in [0.25, 0.3) is 0 Å². The summed E-state index contributed by atoms with van der Waals surface area (Å²) in [5, 5.41) is 39.9. The van der Waals surface area contributed by atoms with E-state index in [1.54, 1.807) is 78.1 Å². The molecule has 2 aromatic carbocycles. The quantitative estimate of drug-likeness (QED) is 0.0283. The molecule has 15 amide bonds. The summed E-state index contributed by atoms with van der Waals surface area (Å²) in [6.45, 7) is 24.4. The Morgan fingerprint density at radius 3 is 1.13 bits per heavy atom. The van der Waals surface area contributed by atoms with E-state index >= 15 is 19.2 Å². The topological polar surface area (TPSA) is 570 Å². The van der Waals surface area contributed by atoms with Crippen molar-refractivity contribution in [1.82, 2.24) is 79.4 Å². The number of nitrogens with two attached hydrogens (primary N) is 5. The average Bonchev–Trinajstić information content (AvgIpc) is 1.60. The first-order valence-electron chi connectivity index (χ1n) is 47.6. The molecule has 0 aliphatic heterocycles. The van der Waals surface area contributed by atoms with Gasteiger partial charge in [-0.2, -0.15) is 0 Å². The molecule has 0 aliphatic rings. The van der Waals surface area contributed by atoms with Gasteiger partial charge in [-0.05, 0) is 188 Å². The van der Waals surface area contributed by atoms with E-state index in [2.05, 4.69) is 79.4 Å². The highest BCUT2D eigenvalue weighted by atomic mass is 16.2. The molecule has 1 heterocycles. The molecule has 1 aromatic heterocycles. The molecular weight excluding hydrogens is 1690 g/mol. The number of hydrogen-bond donors (Lipinski definition) is 20. The van der Waals surface area contributed by atoms with Crippen LogP contribution < -0.4 is 103 Å². The molecule has 37 heteroatoms. The van der Waals surface area contributed by atoms with Crippen molar-refractivity contribution in [3.05, 3.63) is 71.9 Å². The van der Waals surface area contributed by atoms with Crippen molar-refractivity contribution in [2.75, 3.05) is 81.6 Å². The van der Waals surface area contributed by atoms with E-state index in [4.69, 9.17) is 28.7 Å². The van der Waals surface area contributed by atoms with Gasteiger partial charge in [-0.25, -0.2) is 0 Å².